The average molecular weight is 774 g/mol. The number of oxime groups is 1. The Bertz CT molecular complexity index is 2080. The zero-order valence-electron chi connectivity index (χ0n) is 26.7. The highest BCUT2D eigenvalue weighted by Gasteiger charge is 2.54. The molecule has 5 heterocycles. The van der Waals surface area contributed by atoms with E-state index in [9.17, 15) is 49.5 Å². The van der Waals surface area contributed by atoms with Gasteiger partial charge in [-0.1, -0.05) is 11.2 Å². The lowest BCUT2D eigenvalue weighted by atomic mass is 9.96. The second-order valence-corrected chi connectivity index (χ2v) is 14.4. The van der Waals surface area contributed by atoms with E-state index in [1.54, 1.807) is 13.0 Å². The molecule has 9 N–H and O–H groups in total. The number of allylic oxidation sites excluding steroid dienone is 1. The van der Waals surface area contributed by atoms with Gasteiger partial charge in [0.25, 0.3) is 17.4 Å². The van der Waals surface area contributed by atoms with E-state index in [-0.39, 0.29) is 33.6 Å². The summed E-state index contributed by atoms with van der Waals surface area (Å²) >= 11 is 3.34. The van der Waals surface area contributed by atoms with Crippen molar-refractivity contribution >= 4 is 81.3 Å². The second-order valence-electron chi connectivity index (χ2n) is 11.4. The van der Waals surface area contributed by atoms with Gasteiger partial charge in [0.15, 0.2) is 28.2 Å². The van der Waals surface area contributed by atoms with E-state index in [0.717, 1.165) is 40.3 Å². The largest absolute Gasteiger partial charge is 0.504 e. The van der Waals surface area contributed by atoms with Gasteiger partial charge >= 0.3 is 18.0 Å². The first-order valence-corrected chi connectivity index (χ1v) is 17.6. The molecule has 1 aromatic carbocycles. The smallest absolute Gasteiger partial charge is 0.427 e. The number of aromatic nitrogens is 1. The van der Waals surface area contributed by atoms with Gasteiger partial charge in [-0.25, -0.2) is 29.4 Å². The van der Waals surface area contributed by atoms with Gasteiger partial charge in [0.1, 0.15) is 22.8 Å². The monoisotopic (exact) mass is 773 g/mol. The molecule has 4 aliphatic rings. The molecule has 1 aromatic heterocycles. The van der Waals surface area contributed by atoms with Gasteiger partial charge in [-0.05, 0) is 37.6 Å². The summed E-state index contributed by atoms with van der Waals surface area (Å²) in [7, 11) is 0. The molecule has 20 nitrogen and oxygen atoms in total. The van der Waals surface area contributed by atoms with E-state index < -0.39 is 64.1 Å². The van der Waals surface area contributed by atoms with Crippen molar-refractivity contribution in [1.29, 1.82) is 0 Å². The van der Waals surface area contributed by atoms with Crippen LogP contribution in [-0.2, 0) is 29.6 Å². The lowest BCUT2D eigenvalue weighted by Crippen LogP contribution is -2.71. The Morgan fingerprint density at radius 3 is 2.60 bits per heavy atom. The number of rotatable bonds is 11. The molecule has 6 rings (SSSR count). The maximum Gasteiger partial charge on any atom is 0.427 e. The number of benzene rings is 1. The summed E-state index contributed by atoms with van der Waals surface area (Å²) in [6, 6.07) is 1.95. The van der Waals surface area contributed by atoms with E-state index in [2.05, 4.69) is 26.0 Å². The molecule has 3 atom stereocenters. The number of hydrazine groups is 2. The Hall–Kier alpha value is -5.78. The lowest BCUT2D eigenvalue weighted by molar-refractivity contribution is -0.165. The number of amides is 3. The molecule has 0 bridgehead atoms. The molecule has 0 spiro atoms. The van der Waals surface area contributed by atoms with Crippen molar-refractivity contribution in [3.05, 3.63) is 69.2 Å². The van der Waals surface area contributed by atoms with Crippen LogP contribution < -0.4 is 16.6 Å². The Kier molecular flexibility index (Phi) is 9.52. The number of nitrogens with two attached hydrogens (primary N) is 1. The molecule has 52 heavy (non-hydrogen) atoms. The summed E-state index contributed by atoms with van der Waals surface area (Å²) in [6.07, 6.45) is 1.71. The number of thiazole rings is 1. The maximum absolute atomic E-state index is 13.6. The number of phenolic OH excluding ortho intramolecular Hbond substituents is 2. The Morgan fingerprint density at radius 1 is 1.21 bits per heavy atom. The second kappa shape index (κ2) is 13.7. The van der Waals surface area contributed by atoms with Crippen LogP contribution in [0, 0.1) is 0 Å². The number of carbonyl (C=O) groups excluding carboxylic acids is 2. The number of nitrogens with one attached hydrogen (secondary N) is 2. The van der Waals surface area contributed by atoms with Crippen LogP contribution in [0.4, 0.5) is 9.93 Å². The molecule has 4 aliphatic heterocycles. The Morgan fingerprint density at radius 2 is 1.96 bits per heavy atom. The van der Waals surface area contributed by atoms with Crippen molar-refractivity contribution in [3.63, 3.8) is 0 Å². The molecule has 1 saturated heterocycles. The number of carboxylic acid groups (broad SMARTS) is 3. The number of nitrogens with zero attached hydrogens (tertiary/aromatic N) is 6. The van der Waals surface area contributed by atoms with E-state index in [1.807, 2.05) is 0 Å². The van der Waals surface area contributed by atoms with Gasteiger partial charge in [-0.3, -0.25) is 14.5 Å². The van der Waals surface area contributed by atoms with Crippen LogP contribution in [0.1, 0.15) is 25.1 Å². The summed E-state index contributed by atoms with van der Waals surface area (Å²) in [5.41, 5.74) is 6.06. The minimum atomic E-state index is -2.28. The highest BCUT2D eigenvalue weighted by Crippen LogP contribution is 2.42. The number of carboxylic acids is 2. The minimum Gasteiger partial charge on any atom is -0.504 e. The molecule has 3 amide bonds. The molecule has 23 heteroatoms. The first-order chi connectivity index (χ1) is 24.6. The number of β-lactam (4-membered cyclic amide) rings is 1. The third-order valence-electron chi connectivity index (χ3n) is 7.90. The molecular formula is C29H27N9O11S3. The fourth-order valence-electron chi connectivity index (χ4n) is 5.20. The molecule has 0 aliphatic carbocycles. The predicted octanol–water partition coefficient (Wildman–Crippen LogP) is 1.16. The summed E-state index contributed by atoms with van der Waals surface area (Å²) < 4.78 is 0. The first kappa shape index (κ1) is 36.0. The predicted molar refractivity (Wildman–Crippen MR) is 185 cm³/mol. The fourth-order valence-corrected chi connectivity index (χ4v) is 8.30. The standard InChI is InChI=1S/C29H27N9O11S3/c1-11-5-18(38-17(31-11)7-36(35-38)28(47)48)50-8-12-9-51-24-20(23(42)37(24)21(12)25(43)44)33-22(41)19(14-10-52-27(30)32-14)34-49-29(2,26(45)46)13-3-4-15(39)16(40)6-13/h3-7,10,20,24,35,39-40H,8-9H2,1-2H3,(H2,30,32)(H,33,41)(H,43,44)(H,45,46)(H,47,48)/b34-19-/t20-,24-,29?/m1/s1. The quantitative estimate of drug-likeness (QED) is 0.0688. The number of nitrogen functional groups attached to an aromatic ring is 1. The van der Waals surface area contributed by atoms with Crippen molar-refractivity contribution in [2.24, 2.45) is 10.1 Å². The average Bonchev–Trinajstić information content (AvgIpc) is 3.73. The topological polar surface area (TPSA) is 293 Å². The molecule has 1 fully saturated rings. The van der Waals surface area contributed by atoms with Crippen molar-refractivity contribution < 1.29 is 54.3 Å². The third-order valence-corrected chi connectivity index (χ3v) is 11.0. The van der Waals surface area contributed by atoms with Gasteiger partial charge in [0.05, 0.1) is 11.2 Å². The van der Waals surface area contributed by atoms with Crippen LogP contribution in [0.15, 0.2) is 68.1 Å². The molecular weight excluding hydrogens is 747 g/mol. The van der Waals surface area contributed by atoms with Crippen LogP contribution in [0.25, 0.3) is 0 Å². The first-order valence-electron chi connectivity index (χ1n) is 14.7. The van der Waals surface area contributed by atoms with Crippen LogP contribution in [0.5, 0.6) is 11.5 Å². The number of aliphatic imine (C=N–C) groups is 1. The van der Waals surface area contributed by atoms with Gasteiger partial charge in [-0.2, -0.15) is 5.01 Å². The number of aromatic hydroxyl groups is 2. The Balaban J connectivity index is 1.20. The zero-order chi connectivity index (χ0) is 37.6. The van der Waals surface area contributed by atoms with Crippen molar-refractivity contribution in [2.75, 3.05) is 17.2 Å². The van der Waals surface area contributed by atoms with Crippen LogP contribution in [0.3, 0.4) is 0 Å². The summed E-state index contributed by atoms with van der Waals surface area (Å²) in [5.74, 6) is -5.23. The number of thioether (sulfide) groups is 2. The fraction of sp³-hybridized carbons (Fsp3) is 0.241. The SMILES string of the molecule is CC1=NC2=CN(C(=O)O)NN2C(SCC2=C(C(=O)O)N3C(=O)[C@@H](NC(=O)/C(=N\OC(C)(C(=O)O)c4ccc(O)c(O)c4)c4csc(N)n4)[C@H]3SC2)=C1. The number of fused-ring (bicyclic) bond motifs is 2. The summed E-state index contributed by atoms with van der Waals surface area (Å²) in [6.45, 7) is 2.81. The zero-order valence-corrected chi connectivity index (χ0v) is 29.2. The summed E-state index contributed by atoms with van der Waals surface area (Å²) in [4.78, 5) is 78.1. The van der Waals surface area contributed by atoms with Gasteiger partial charge < -0.3 is 41.4 Å². The maximum atomic E-state index is 13.6. The highest BCUT2D eigenvalue weighted by atomic mass is 32.2. The van der Waals surface area contributed by atoms with E-state index in [4.69, 9.17) is 10.6 Å². The van der Waals surface area contributed by atoms with Crippen molar-refractivity contribution in [1.82, 2.24) is 30.8 Å². The molecule has 0 radical (unpaired) electrons. The number of phenols is 2. The van der Waals surface area contributed by atoms with Crippen LogP contribution >= 0.6 is 34.9 Å². The van der Waals surface area contributed by atoms with Gasteiger partial charge in [0, 0.05) is 28.2 Å². The van der Waals surface area contributed by atoms with Crippen LogP contribution in [-0.4, -0.2) is 110 Å². The van der Waals surface area contributed by atoms with Crippen molar-refractivity contribution in [3.8, 4) is 11.5 Å². The normalized spacial score (nSPS) is 20.9. The van der Waals surface area contributed by atoms with Gasteiger partial charge in [0.2, 0.25) is 0 Å². The minimum absolute atomic E-state index is 0.0359. The lowest BCUT2D eigenvalue weighted by Gasteiger charge is -2.49. The van der Waals surface area contributed by atoms with E-state index in [0.29, 0.717) is 22.1 Å². The third kappa shape index (κ3) is 6.56. The molecule has 2 aromatic rings. The number of hydrogen-bond donors (Lipinski definition) is 8. The number of hydrogen-bond acceptors (Lipinski definition) is 17. The number of anilines is 1. The molecule has 0 saturated carbocycles. The van der Waals surface area contributed by atoms with Crippen molar-refractivity contribution in [2.45, 2.75) is 30.9 Å². The number of aliphatic carboxylic acids is 2. The molecule has 272 valence electrons. The van der Waals surface area contributed by atoms with Gasteiger partial charge in [-0.15, -0.1) is 40.4 Å². The highest BCUT2D eigenvalue weighted by molar-refractivity contribution is 8.03. The summed E-state index contributed by atoms with van der Waals surface area (Å²) in [5, 5.41) is 58.8. The van der Waals surface area contributed by atoms with E-state index in [1.165, 1.54) is 46.2 Å². The number of carbonyl (C=O) groups is 5. The van der Waals surface area contributed by atoms with Crippen LogP contribution in [0.2, 0.25) is 0 Å². The van der Waals surface area contributed by atoms with E-state index >= 15 is 0 Å². The Labute approximate surface area is 304 Å². The molecule has 1 unspecified atom stereocenters.